The fourth-order valence-electron chi connectivity index (χ4n) is 3.52. The molecule has 4 heteroatoms. The Labute approximate surface area is 147 Å². The second-order valence-electron chi connectivity index (χ2n) is 7.68. The first-order valence-electron chi connectivity index (χ1n) is 8.39. The van der Waals surface area contributed by atoms with E-state index in [1.165, 1.54) is 0 Å². The molecular weight excluding hydrogens is 269 g/mol. The molecule has 0 aromatic heterocycles. The molecule has 0 spiro atoms. The van der Waals surface area contributed by atoms with Gasteiger partial charge in [0.1, 0.15) is 0 Å². The first kappa shape index (κ1) is 24.0. The first-order chi connectivity index (χ1) is 9.05. The van der Waals surface area contributed by atoms with Crippen LogP contribution in [-0.2, 0) is 4.43 Å². The van der Waals surface area contributed by atoms with E-state index in [1.54, 1.807) is 0 Å². The second-order valence-corrected chi connectivity index (χ2v) is 13.1. The molecule has 0 unspecified atom stereocenters. The van der Waals surface area contributed by atoms with E-state index in [0.717, 1.165) is 6.61 Å². The molecule has 0 aromatic rings. The van der Waals surface area contributed by atoms with Crippen molar-refractivity contribution < 1.29 is 23.3 Å². The molecular formula is C17H38LiNOSi. The average Bonchev–Trinajstić information content (AvgIpc) is 2.25. The van der Waals surface area contributed by atoms with Gasteiger partial charge in [-0.25, -0.2) is 0 Å². The van der Waals surface area contributed by atoms with Crippen LogP contribution in [0.1, 0.15) is 69.2 Å². The van der Waals surface area contributed by atoms with Gasteiger partial charge in [0.2, 0.25) is 0 Å². The minimum Gasteiger partial charge on any atom is -0.655 e. The Morgan fingerprint density at radius 1 is 0.762 bits per heavy atom. The molecule has 2 nitrogen and oxygen atoms in total. The smallest absolute Gasteiger partial charge is 0.655 e. The minimum atomic E-state index is -1.75. The molecule has 0 fully saturated rings. The molecule has 1 atom stereocenters. The van der Waals surface area contributed by atoms with Crippen LogP contribution in [-0.4, -0.2) is 27.0 Å². The van der Waals surface area contributed by atoms with Crippen LogP contribution in [0.4, 0.5) is 0 Å². The van der Waals surface area contributed by atoms with Crippen molar-refractivity contribution in [2.24, 2.45) is 5.92 Å². The Morgan fingerprint density at radius 2 is 1.14 bits per heavy atom. The van der Waals surface area contributed by atoms with Gasteiger partial charge in [-0.05, 0) is 16.6 Å². The zero-order valence-electron chi connectivity index (χ0n) is 16.5. The number of hydrogen-bond acceptors (Lipinski definition) is 1. The molecule has 0 bridgehead atoms. The third-order valence-corrected chi connectivity index (χ3v) is 10.6. The van der Waals surface area contributed by atoms with Gasteiger partial charge in [0.25, 0.3) is 0 Å². The molecule has 21 heavy (non-hydrogen) atoms. The minimum absolute atomic E-state index is 0. The molecule has 0 aliphatic heterocycles. The van der Waals surface area contributed by atoms with Crippen LogP contribution in [0.2, 0.25) is 16.6 Å². The Balaban J connectivity index is 0. The van der Waals surface area contributed by atoms with Crippen molar-refractivity contribution >= 4 is 8.32 Å². The summed E-state index contributed by atoms with van der Waals surface area (Å²) in [6.07, 6.45) is 0. The molecule has 0 saturated heterocycles. The van der Waals surface area contributed by atoms with Crippen LogP contribution < -0.4 is 18.9 Å². The summed E-state index contributed by atoms with van der Waals surface area (Å²) in [4.78, 5) is 0. The Kier molecular flexibility index (Phi) is 12.0. The van der Waals surface area contributed by atoms with Gasteiger partial charge in [-0.3, -0.25) is 0 Å². The van der Waals surface area contributed by atoms with Crippen LogP contribution in [0.5, 0.6) is 0 Å². The first-order valence-corrected chi connectivity index (χ1v) is 10.5. The summed E-state index contributed by atoms with van der Waals surface area (Å²) in [5.74, 6) is 0.551. The van der Waals surface area contributed by atoms with Crippen molar-refractivity contribution in [3.8, 4) is 0 Å². The molecule has 0 aliphatic rings. The molecule has 122 valence electrons. The van der Waals surface area contributed by atoms with Gasteiger partial charge in [0.05, 0.1) is 0 Å². The molecule has 0 amide bonds. The molecule has 0 saturated carbocycles. The van der Waals surface area contributed by atoms with E-state index in [4.69, 9.17) is 9.74 Å². The summed E-state index contributed by atoms with van der Waals surface area (Å²) in [7, 11) is -1.75. The second kappa shape index (κ2) is 10.5. The van der Waals surface area contributed by atoms with Gasteiger partial charge in [-0.15, -0.1) is 12.1 Å². The predicted molar refractivity (Wildman–Crippen MR) is 94.1 cm³/mol. The molecule has 0 rings (SSSR count). The van der Waals surface area contributed by atoms with Crippen molar-refractivity contribution in [2.45, 2.75) is 97.9 Å². The van der Waals surface area contributed by atoms with Crippen molar-refractivity contribution in [1.29, 1.82) is 0 Å². The normalized spacial score (nSPS) is 14.4. The Bertz CT molecular complexity index is 246. The summed E-state index contributed by atoms with van der Waals surface area (Å²) >= 11 is 0. The number of rotatable bonds is 9. The Morgan fingerprint density at radius 3 is 1.38 bits per heavy atom. The molecule has 0 radical (unpaired) electrons. The van der Waals surface area contributed by atoms with Gasteiger partial charge in [-0.2, -0.15) is 0 Å². The Hall–Kier alpha value is 0.734. The zero-order valence-corrected chi connectivity index (χ0v) is 17.5. The van der Waals surface area contributed by atoms with E-state index in [-0.39, 0.29) is 18.9 Å². The van der Waals surface area contributed by atoms with E-state index >= 15 is 0 Å². The van der Waals surface area contributed by atoms with E-state index in [9.17, 15) is 0 Å². The van der Waals surface area contributed by atoms with Crippen molar-refractivity contribution in [3.63, 3.8) is 0 Å². The summed E-state index contributed by atoms with van der Waals surface area (Å²) in [6.45, 7) is 23.7. The predicted octanol–water partition coefficient (Wildman–Crippen LogP) is 2.99. The van der Waals surface area contributed by atoms with Crippen molar-refractivity contribution in [1.82, 2.24) is 0 Å². The van der Waals surface area contributed by atoms with E-state index in [2.05, 4.69) is 69.2 Å². The number of hydrogen-bond donors (Lipinski definition) is 0. The van der Waals surface area contributed by atoms with E-state index in [1.807, 2.05) is 0 Å². The molecule has 0 aliphatic carbocycles. The van der Waals surface area contributed by atoms with Crippen LogP contribution in [0.15, 0.2) is 0 Å². The SMILES string of the molecule is CC(C)[N-][C@H](CO[Si](C(C)C)(C(C)C)C(C)C)C(C)C.[Li+]. The maximum Gasteiger partial charge on any atom is 1.00 e. The standard InChI is InChI=1S/C17H38NOSi.Li/c1-12(2)17(18-13(3)4)11-19-20(14(5)6,15(7)8)16(9)10;/h12-17H,11H2,1-10H3;/q-1;+1/t17-;/m1./s1. The summed E-state index contributed by atoms with van der Waals surface area (Å²) in [5.41, 5.74) is 1.94. The fraction of sp³-hybridized carbons (Fsp3) is 1.00. The summed E-state index contributed by atoms with van der Waals surface area (Å²) < 4.78 is 6.68. The van der Waals surface area contributed by atoms with Gasteiger partial charge in [0, 0.05) is 6.61 Å². The van der Waals surface area contributed by atoms with Crippen LogP contribution >= 0.6 is 0 Å². The summed E-state index contributed by atoms with van der Waals surface area (Å²) in [5, 5.41) is 4.85. The monoisotopic (exact) mass is 307 g/mol. The third kappa shape index (κ3) is 6.79. The van der Waals surface area contributed by atoms with Crippen molar-refractivity contribution in [3.05, 3.63) is 5.32 Å². The van der Waals surface area contributed by atoms with Gasteiger partial charge in [0.15, 0.2) is 8.32 Å². The largest absolute Gasteiger partial charge is 1.00 e. The average molecular weight is 308 g/mol. The zero-order chi connectivity index (χ0) is 16.1. The molecule has 0 aromatic carbocycles. The van der Waals surface area contributed by atoms with Crippen molar-refractivity contribution in [2.75, 3.05) is 6.61 Å². The maximum atomic E-state index is 6.68. The van der Waals surface area contributed by atoms with Gasteiger partial charge in [-0.1, -0.05) is 75.2 Å². The van der Waals surface area contributed by atoms with E-state index < -0.39 is 8.32 Å². The topological polar surface area (TPSA) is 23.3 Å². The van der Waals surface area contributed by atoms with Gasteiger partial charge < -0.3 is 9.74 Å². The third-order valence-electron chi connectivity index (χ3n) is 4.47. The maximum absolute atomic E-state index is 6.68. The van der Waals surface area contributed by atoms with Crippen LogP contribution in [0, 0.1) is 5.92 Å². The quantitative estimate of drug-likeness (QED) is 0.601. The fourth-order valence-corrected chi connectivity index (χ4v) is 8.98. The van der Waals surface area contributed by atoms with Gasteiger partial charge >= 0.3 is 18.9 Å². The van der Waals surface area contributed by atoms with Crippen LogP contribution in [0.3, 0.4) is 0 Å². The molecule has 0 heterocycles. The number of nitrogens with zero attached hydrogens (tertiary/aromatic N) is 1. The molecule has 0 N–H and O–H groups in total. The van der Waals surface area contributed by atoms with Crippen LogP contribution in [0.25, 0.3) is 5.32 Å². The summed E-state index contributed by atoms with van der Waals surface area (Å²) in [6, 6.07) is 0.720. The van der Waals surface area contributed by atoms with E-state index in [0.29, 0.717) is 34.6 Å².